The van der Waals surface area contributed by atoms with E-state index < -0.39 is 46.2 Å². The zero-order valence-corrected chi connectivity index (χ0v) is 14.5. The molecule has 144 valence electrons. The second kappa shape index (κ2) is 6.78. The van der Waals surface area contributed by atoms with E-state index in [2.05, 4.69) is 0 Å². The molecule has 2 heterocycles. The number of nitrogens with zero attached hydrogens (tertiary/aromatic N) is 2. The van der Waals surface area contributed by atoms with Crippen LogP contribution >= 0.6 is 0 Å². The van der Waals surface area contributed by atoms with Crippen LogP contribution in [0.2, 0.25) is 0 Å². The van der Waals surface area contributed by atoms with Crippen molar-refractivity contribution < 1.29 is 27.2 Å². The van der Waals surface area contributed by atoms with Crippen LogP contribution in [0.5, 0.6) is 0 Å². The van der Waals surface area contributed by atoms with Crippen molar-refractivity contribution in [3.63, 3.8) is 0 Å². The largest absolute Gasteiger partial charge is 0.330 e. The average molecular weight is 390 g/mol. The zero-order chi connectivity index (χ0) is 20.0. The molecule has 0 N–H and O–H groups in total. The van der Waals surface area contributed by atoms with Crippen molar-refractivity contribution >= 4 is 11.8 Å². The maximum Gasteiger partial charge on any atom is 0.260 e. The van der Waals surface area contributed by atoms with E-state index in [0.29, 0.717) is 0 Å². The van der Waals surface area contributed by atoms with Crippen molar-refractivity contribution in [2.24, 2.45) is 0 Å². The van der Waals surface area contributed by atoms with Crippen molar-refractivity contribution in [3.05, 3.63) is 81.9 Å². The van der Waals surface area contributed by atoms with Gasteiger partial charge in [0.2, 0.25) is 0 Å². The fourth-order valence-electron chi connectivity index (χ4n) is 3.59. The summed E-state index contributed by atoms with van der Waals surface area (Å²) in [7, 11) is 0. The third-order valence-corrected chi connectivity index (χ3v) is 4.95. The molecule has 0 spiro atoms. The molecule has 0 bridgehead atoms. The summed E-state index contributed by atoms with van der Waals surface area (Å²) >= 11 is 0. The summed E-state index contributed by atoms with van der Waals surface area (Å²) in [6.07, 6.45) is 0. The molecule has 2 amide bonds. The highest BCUT2D eigenvalue weighted by molar-refractivity contribution is 5.97. The first-order valence-electron chi connectivity index (χ1n) is 8.53. The Morgan fingerprint density at radius 1 is 0.607 bits per heavy atom. The third kappa shape index (κ3) is 2.94. The minimum atomic E-state index is -0.941. The molecule has 0 radical (unpaired) electrons. The van der Waals surface area contributed by atoms with Gasteiger partial charge in [-0.25, -0.2) is 17.6 Å². The van der Waals surface area contributed by atoms with Gasteiger partial charge in [0.25, 0.3) is 11.8 Å². The lowest BCUT2D eigenvalue weighted by Crippen LogP contribution is -2.37. The monoisotopic (exact) mass is 390 g/mol. The highest BCUT2D eigenvalue weighted by atomic mass is 19.1. The molecule has 0 atom stereocenters. The smallest absolute Gasteiger partial charge is 0.260 e. The van der Waals surface area contributed by atoms with Gasteiger partial charge in [-0.1, -0.05) is 12.1 Å². The van der Waals surface area contributed by atoms with Gasteiger partial charge in [0, 0.05) is 26.2 Å². The maximum absolute atomic E-state index is 13.9. The van der Waals surface area contributed by atoms with Gasteiger partial charge in [-0.2, -0.15) is 0 Å². The van der Waals surface area contributed by atoms with E-state index in [0.717, 1.165) is 35.4 Å². The predicted octanol–water partition coefficient (Wildman–Crippen LogP) is 3.15. The van der Waals surface area contributed by atoms with E-state index in [1.165, 1.54) is 21.9 Å². The Hall–Kier alpha value is -3.16. The first-order chi connectivity index (χ1) is 13.4. The number of benzene rings is 2. The Kier molecular flexibility index (Phi) is 4.41. The van der Waals surface area contributed by atoms with Gasteiger partial charge in [-0.15, -0.1) is 0 Å². The van der Waals surface area contributed by atoms with Crippen LogP contribution in [0.25, 0.3) is 0 Å². The maximum atomic E-state index is 13.9. The summed E-state index contributed by atoms with van der Waals surface area (Å²) in [5.41, 5.74) is 0.223. The van der Waals surface area contributed by atoms with Gasteiger partial charge in [0.05, 0.1) is 0 Å². The van der Waals surface area contributed by atoms with Crippen LogP contribution in [0.15, 0.2) is 47.5 Å². The number of carbonyl (C=O) groups is 2. The number of hydrogen-bond donors (Lipinski definition) is 0. The van der Waals surface area contributed by atoms with Crippen molar-refractivity contribution in [2.75, 3.05) is 26.2 Å². The van der Waals surface area contributed by atoms with Crippen LogP contribution in [0.1, 0.15) is 20.7 Å². The van der Waals surface area contributed by atoms with Crippen LogP contribution in [-0.2, 0) is 0 Å². The van der Waals surface area contributed by atoms with E-state index in [4.69, 9.17) is 0 Å². The van der Waals surface area contributed by atoms with Crippen LogP contribution in [-0.4, -0.2) is 47.8 Å². The summed E-state index contributed by atoms with van der Waals surface area (Å²) in [4.78, 5) is 27.5. The van der Waals surface area contributed by atoms with Gasteiger partial charge >= 0.3 is 0 Å². The molecule has 0 saturated heterocycles. The van der Waals surface area contributed by atoms with Gasteiger partial charge < -0.3 is 9.80 Å². The van der Waals surface area contributed by atoms with Crippen LogP contribution in [0.4, 0.5) is 17.6 Å². The molecule has 0 saturated carbocycles. The second-order valence-corrected chi connectivity index (χ2v) is 6.72. The summed E-state index contributed by atoms with van der Waals surface area (Å²) in [5.74, 6) is -5.31. The molecule has 4 nitrogen and oxygen atoms in total. The summed E-state index contributed by atoms with van der Waals surface area (Å²) < 4.78 is 55.4. The topological polar surface area (TPSA) is 40.6 Å². The number of amides is 2. The molecular formula is C20H14F4N2O2. The summed E-state index contributed by atoms with van der Waals surface area (Å²) in [6, 6.07) is 6.39. The lowest BCUT2D eigenvalue weighted by Gasteiger charge is -2.23. The van der Waals surface area contributed by atoms with Gasteiger partial charge in [-0.3, -0.25) is 9.59 Å². The normalized spacial score (nSPS) is 16.0. The highest BCUT2D eigenvalue weighted by Crippen LogP contribution is 2.29. The molecule has 4 rings (SSSR count). The standard InChI is InChI=1S/C20H14F4N2O2/c21-13-3-1-4-14(22)17(13)19(27)25-7-11-9-26(10-12(11)8-25)20(28)18-15(23)5-2-6-16(18)24/h1-6H,7-10H2. The molecule has 0 fully saturated rings. The Balaban J connectivity index is 1.47. The lowest BCUT2D eigenvalue weighted by atomic mass is 10.1. The van der Waals surface area contributed by atoms with E-state index in [-0.39, 0.29) is 26.2 Å². The Morgan fingerprint density at radius 2 is 0.893 bits per heavy atom. The fraction of sp³-hybridized carbons (Fsp3) is 0.200. The first kappa shape index (κ1) is 18.2. The summed E-state index contributed by atoms with van der Waals surface area (Å²) in [6.45, 7) is 0.411. The quantitative estimate of drug-likeness (QED) is 0.584. The highest BCUT2D eigenvalue weighted by Gasteiger charge is 2.37. The predicted molar refractivity (Wildman–Crippen MR) is 91.5 cm³/mol. The van der Waals surface area contributed by atoms with Gasteiger partial charge in [0.1, 0.15) is 34.4 Å². The SMILES string of the molecule is O=C(c1c(F)cccc1F)N1CC2=C(C1)CN(C(=O)c1c(F)cccc1F)C2. The van der Waals surface area contributed by atoms with Crippen LogP contribution in [0.3, 0.4) is 0 Å². The zero-order valence-electron chi connectivity index (χ0n) is 14.5. The molecule has 0 unspecified atom stereocenters. The van der Waals surface area contributed by atoms with Crippen molar-refractivity contribution in [2.45, 2.75) is 0 Å². The number of halogens is 4. The molecule has 2 aromatic rings. The Bertz CT molecular complexity index is 897. The van der Waals surface area contributed by atoms with E-state index >= 15 is 0 Å². The van der Waals surface area contributed by atoms with Crippen molar-refractivity contribution in [1.29, 1.82) is 0 Å². The minimum absolute atomic E-state index is 0.103. The molecule has 8 heteroatoms. The van der Waals surface area contributed by atoms with E-state index in [1.807, 2.05) is 0 Å². The molecule has 2 aliphatic heterocycles. The second-order valence-electron chi connectivity index (χ2n) is 6.72. The fourth-order valence-corrected chi connectivity index (χ4v) is 3.59. The van der Waals surface area contributed by atoms with Crippen molar-refractivity contribution in [3.8, 4) is 0 Å². The third-order valence-electron chi connectivity index (χ3n) is 4.95. The molecule has 2 aliphatic rings. The van der Waals surface area contributed by atoms with Crippen LogP contribution in [0, 0.1) is 23.3 Å². The average Bonchev–Trinajstić information content (AvgIpc) is 3.20. The van der Waals surface area contributed by atoms with Gasteiger partial charge in [-0.05, 0) is 35.4 Å². The molecule has 0 aromatic heterocycles. The van der Waals surface area contributed by atoms with Gasteiger partial charge in [0.15, 0.2) is 0 Å². The molecule has 28 heavy (non-hydrogen) atoms. The number of rotatable bonds is 2. The Morgan fingerprint density at radius 3 is 1.18 bits per heavy atom. The molecule has 2 aromatic carbocycles. The van der Waals surface area contributed by atoms with Crippen LogP contribution < -0.4 is 0 Å². The number of hydrogen-bond acceptors (Lipinski definition) is 2. The lowest BCUT2D eigenvalue weighted by molar-refractivity contribution is 0.0756. The van der Waals surface area contributed by atoms with E-state index in [9.17, 15) is 27.2 Å². The minimum Gasteiger partial charge on any atom is -0.330 e. The molecular weight excluding hydrogens is 376 g/mol. The van der Waals surface area contributed by atoms with Crippen molar-refractivity contribution in [1.82, 2.24) is 9.80 Å². The van der Waals surface area contributed by atoms with E-state index in [1.54, 1.807) is 0 Å². The molecule has 0 aliphatic carbocycles. The summed E-state index contributed by atoms with van der Waals surface area (Å²) in [5, 5.41) is 0. The Labute approximate surface area is 157 Å². The number of carbonyl (C=O) groups excluding carboxylic acids is 2. The first-order valence-corrected chi connectivity index (χ1v) is 8.53.